The normalized spacial score (nSPS) is 12.3. The van der Waals surface area contributed by atoms with Crippen molar-refractivity contribution in [3.63, 3.8) is 0 Å². The molecule has 0 aliphatic heterocycles. The molecule has 23 heavy (non-hydrogen) atoms. The van der Waals surface area contributed by atoms with Crippen LogP contribution in [0, 0.1) is 0 Å². The Labute approximate surface area is 141 Å². The number of nitrogens with zero attached hydrogens (tertiary/aromatic N) is 4. The van der Waals surface area contributed by atoms with Gasteiger partial charge in [-0.3, -0.25) is 0 Å². The van der Waals surface area contributed by atoms with Crippen LogP contribution in [0.25, 0.3) is 11.0 Å². The third kappa shape index (κ3) is 3.13. The summed E-state index contributed by atoms with van der Waals surface area (Å²) in [5, 5.41) is 18.6. The molecule has 1 atom stereocenters. The molecule has 0 radical (unpaired) electrons. The highest BCUT2D eigenvalue weighted by Gasteiger charge is 2.15. The predicted molar refractivity (Wildman–Crippen MR) is 90.4 cm³/mol. The van der Waals surface area contributed by atoms with E-state index < -0.39 is 6.10 Å². The molecule has 0 amide bonds. The number of benzene rings is 1. The van der Waals surface area contributed by atoms with E-state index in [1.165, 1.54) is 6.33 Å². The van der Waals surface area contributed by atoms with Crippen molar-refractivity contribution in [3.05, 3.63) is 40.8 Å². The summed E-state index contributed by atoms with van der Waals surface area (Å²) in [7, 11) is 3.41. The smallest absolute Gasteiger partial charge is 0.164 e. The SMILES string of the molecule is COc1cccc(C(O)CNc2ncnc3c2c(Br)nn3C)c1. The van der Waals surface area contributed by atoms with Crippen LogP contribution in [0.3, 0.4) is 0 Å². The van der Waals surface area contributed by atoms with Gasteiger partial charge in [-0.05, 0) is 33.6 Å². The van der Waals surface area contributed by atoms with Crippen molar-refractivity contribution in [3.8, 4) is 5.75 Å². The zero-order chi connectivity index (χ0) is 16.4. The summed E-state index contributed by atoms with van der Waals surface area (Å²) in [6.07, 6.45) is 0.780. The first-order chi connectivity index (χ1) is 11.1. The fraction of sp³-hybridized carbons (Fsp3) is 0.267. The predicted octanol–water partition coefficient (Wildman–Crippen LogP) is 2.28. The molecular weight excluding hydrogens is 362 g/mol. The van der Waals surface area contributed by atoms with Crippen LogP contribution in [0.4, 0.5) is 5.82 Å². The van der Waals surface area contributed by atoms with Crippen LogP contribution in [0.2, 0.25) is 0 Å². The average Bonchev–Trinajstić information content (AvgIpc) is 2.87. The lowest BCUT2D eigenvalue weighted by atomic mass is 10.1. The number of aryl methyl sites for hydroxylation is 1. The van der Waals surface area contributed by atoms with E-state index in [4.69, 9.17) is 4.74 Å². The summed E-state index contributed by atoms with van der Waals surface area (Å²) in [6, 6.07) is 7.34. The summed E-state index contributed by atoms with van der Waals surface area (Å²) in [4.78, 5) is 8.45. The number of anilines is 1. The number of aromatic nitrogens is 4. The molecule has 7 nitrogen and oxygen atoms in total. The Morgan fingerprint density at radius 3 is 3.00 bits per heavy atom. The van der Waals surface area contributed by atoms with Crippen molar-refractivity contribution < 1.29 is 9.84 Å². The van der Waals surface area contributed by atoms with Gasteiger partial charge < -0.3 is 15.2 Å². The van der Waals surface area contributed by atoms with Gasteiger partial charge in [-0.15, -0.1) is 0 Å². The van der Waals surface area contributed by atoms with Crippen LogP contribution in [0.15, 0.2) is 35.2 Å². The number of nitrogens with one attached hydrogen (secondary N) is 1. The highest BCUT2D eigenvalue weighted by molar-refractivity contribution is 9.10. The van der Waals surface area contributed by atoms with E-state index in [1.807, 2.05) is 31.3 Å². The lowest BCUT2D eigenvalue weighted by Gasteiger charge is -2.14. The summed E-state index contributed by atoms with van der Waals surface area (Å²) in [5.41, 5.74) is 1.48. The molecular formula is C15H16BrN5O2. The summed E-state index contributed by atoms with van der Waals surface area (Å²) in [6.45, 7) is 0.306. The highest BCUT2D eigenvalue weighted by atomic mass is 79.9. The Morgan fingerprint density at radius 2 is 2.22 bits per heavy atom. The molecule has 0 spiro atoms. The van der Waals surface area contributed by atoms with E-state index in [1.54, 1.807) is 11.8 Å². The van der Waals surface area contributed by atoms with Crippen LogP contribution in [0.5, 0.6) is 5.75 Å². The second-order valence-electron chi connectivity index (χ2n) is 5.01. The number of aliphatic hydroxyl groups excluding tert-OH is 1. The van der Waals surface area contributed by atoms with Crippen molar-refractivity contribution in [2.45, 2.75) is 6.10 Å². The number of halogens is 1. The maximum atomic E-state index is 10.4. The Balaban J connectivity index is 1.80. The third-order valence-corrected chi connectivity index (χ3v) is 4.07. The highest BCUT2D eigenvalue weighted by Crippen LogP contribution is 2.27. The van der Waals surface area contributed by atoms with Crippen LogP contribution >= 0.6 is 15.9 Å². The van der Waals surface area contributed by atoms with Crippen LogP contribution in [-0.2, 0) is 7.05 Å². The average molecular weight is 378 g/mol. The molecule has 120 valence electrons. The minimum Gasteiger partial charge on any atom is -0.497 e. The number of hydrogen-bond donors (Lipinski definition) is 2. The lowest BCUT2D eigenvalue weighted by molar-refractivity contribution is 0.191. The molecule has 0 bridgehead atoms. The molecule has 8 heteroatoms. The van der Waals surface area contributed by atoms with Crippen LogP contribution < -0.4 is 10.1 Å². The van der Waals surface area contributed by atoms with Gasteiger partial charge in [-0.1, -0.05) is 12.1 Å². The third-order valence-electron chi connectivity index (χ3n) is 3.52. The van der Waals surface area contributed by atoms with E-state index in [2.05, 4.69) is 36.3 Å². The van der Waals surface area contributed by atoms with E-state index >= 15 is 0 Å². The molecule has 3 rings (SSSR count). The van der Waals surface area contributed by atoms with Crippen LogP contribution in [0.1, 0.15) is 11.7 Å². The first-order valence-electron chi connectivity index (χ1n) is 6.99. The Hall–Kier alpha value is -2.19. The standard InChI is InChI=1S/C15H16BrN5O2/c1-21-15-12(13(16)20-21)14(18-8-19-15)17-7-11(22)9-4-3-5-10(6-9)23-2/h3-6,8,11,22H,7H2,1-2H3,(H,17,18,19). The van der Waals surface area contributed by atoms with Gasteiger partial charge >= 0.3 is 0 Å². The summed E-state index contributed by atoms with van der Waals surface area (Å²) < 4.78 is 7.51. The first-order valence-corrected chi connectivity index (χ1v) is 7.78. The zero-order valence-electron chi connectivity index (χ0n) is 12.7. The molecule has 1 unspecified atom stereocenters. The zero-order valence-corrected chi connectivity index (χ0v) is 14.3. The van der Waals surface area contributed by atoms with Crippen molar-refractivity contribution in [1.29, 1.82) is 0 Å². The minimum atomic E-state index is -0.689. The molecule has 0 saturated heterocycles. The van der Waals surface area contributed by atoms with Crippen LogP contribution in [-0.4, -0.2) is 38.5 Å². The molecule has 0 saturated carbocycles. The number of fused-ring (bicyclic) bond motifs is 1. The number of rotatable bonds is 5. The lowest BCUT2D eigenvalue weighted by Crippen LogP contribution is -2.13. The molecule has 0 aliphatic carbocycles. The molecule has 2 aromatic heterocycles. The fourth-order valence-corrected chi connectivity index (χ4v) is 2.94. The van der Waals surface area contributed by atoms with E-state index in [0.29, 0.717) is 28.4 Å². The van der Waals surface area contributed by atoms with E-state index in [0.717, 1.165) is 10.9 Å². The monoisotopic (exact) mass is 377 g/mol. The number of hydrogen-bond acceptors (Lipinski definition) is 6. The van der Waals surface area contributed by atoms with Gasteiger partial charge in [0.1, 0.15) is 22.5 Å². The van der Waals surface area contributed by atoms with Gasteiger partial charge in [0, 0.05) is 13.6 Å². The first kappa shape index (κ1) is 15.7. The van der Waals surface area contributed by atoms with Gasteiger partial charge in [-0.25, -0.2) is 14.6 Å². The molecule has 0 fully saturated rings. The second-order valence-corrected chi connectivity index (χ2v) is 5.76. The Kier molecular flexibility index (Phi) is 4.44. The number of methoxy groups -OCH3 is 1. The number of aliphatic hydroxyl groups is 1. The molecule has 0 aliphatic rings. The van der Waals surface area contributed by atoms with Crippen molar-refractivity contribution in [2.24, 2.45) is 7.05 Å². The summed E-state index contributed by atoms with van der Waals surface area (Å²) >= 11 is 3.41. The van der Waals surface area contributed by atoms with E-state index in [-0.39, 0.29) is 0 Å². The van der Waals surface area contributed by atoms with Gasteiger partial charge in [0.2, 0.25) is 0 Å². The molecule has 1 aromatic carbocycles. The molecule has 3 aromatic rings. The minimum absolute atomic E-state index is 0.306. The van der Waals surface area contributed by atoms with Crippen molar-refractivity contribution in [1.82, 2.24) is 19.7 Å². The largest absolute Gasteiger partial charge is 0.497 e. The van der Waals surface area contributed by atoms with Gasteiger partial charge in [-0.2, -0.15) is 5.10 Å². The summed E-state index contributed by atoms with van der Waals surface area (Å²) in [5.74, 6) is 1.33. The second kappa shape index (κ2) is 6.51. The maximum absolute atomic E-state index is 10.4. The molecule has 2 N–H and O–H groups in total. The van der Waals surface area contributed by atoms with Crippen molar-refractivity contribution in [2.75, 3.05) is 19.0 Å². The quantitative estimate of drug-likeness (QED) is 0.709. The van der Waals surface area contributed by atoms with E-state index in [9.17, 15) is 5.11 Å². The Morgan fingerprint density at radius 1 is 1.39 bits per heavy atom. The number of ether oxygens (including phenoxy) is 1. The maximum Gasteiger partial charge on any atom is 0.164 e. The topological polar surface area (TPSA) is 85.1 Å². The van der Waals surface area contributed by atoms with Crippen molar-refractivity contribution >= 4 is 32.8 Å². The van der Waals surface area contributed by atoms with Gasteiger partial charge in [0.25, 0.3) is 0 Å². The van der Waals surface area contributed by atoms with Gasteiger partial charge in [0.15, 0.2) is 5.65 Å². The molecule has 2 heterocycles. The van der Waals surface area contributed by atoms with Gasteiger partial charge in [0.05, 0.1) is 18.6 Å². The Bertz CT molecular complexity index is 836. The fourth-order valence-electron chi connectivity index (χ4n) is 2.33.